The number of fused-ring (bicyclic) bond motifs is 2. The summed E-state index contributed by atoms with van der Waals surface area (Å²) in [5.74, 6) is -0.0783. The minimum Gasteiger partial charge on any atom is -0.431 e. The summed E-state index contributed by atoms with van der Waals surface area (Å²) in [6.45, 7) is 0. The standard InChI is InChI=1S/C19H13N3O4S/c23-18(20-14-6-5-12-3-1-2-4-13(12)9-14)11-27-19-21-16-10-15(22(24)25)7-8-17(16)26-19/h1-10H,11H2,(H,20,23). The number of hydrogen-bond donors (Lipinski definition) is 1. The topological polar surface area (TPSA) is 98.3 Å². The minimum atomic E-state index is -0.488. The molecule has 0 fully saturated rings. The Balaban J connectivity index is 1.42. The fourth-order valence-corrected chi connectivity index (χ4v) is 3.30. The van der Waals surface area contributed by atoms with Gasteiger partial charge in [0.1, 0.15) is 5.52 Å². The molecule has 0 aliphatic heterocycles. The molecule has 0 spiro atoms. The van der Waals surface area contributed by atoms with Crippen molar-refractivity contribution in [3.05, 3.63) is 70.8 Å². The number of hydrogen-bond acceptors (Lipinski definition) is 6. The lowest BCUT2D eigenvalue weighted by Gasteiger charge is -2.05. The SMILES string of the molecule is O=C(CSc1nc2cc([N+](=O)[O-])ccc2o1)Nc1ccc2ccccc2c1. The lowest BCUT2D eigenvalue weighted by Crippen LogP contribution is -2.13. The summed E-state index contributed by atoms with van der Waals surface area (Å²) in [5, 5.41) is 16.1. The van der Waals surface area contributed by atoms with E-state index < -0.39 is 4.92 Å². The molecule has 7 nitrogen and oxygen atoms in total. The average Bonchev–Trinajstić information content (AvgIpc) is 3.08. The van der Waals surface area contributed by atoms with Gasteiger partial charge in [-0.1, -0.05) is 42.1 Å². The van der Waals surface area contributed by atoms with E-state index in [0.717, 1.165) is 22.5 Å². The third kappa shape index (κ3) is 3.75. The zero-order valence-corrected chi connectivity index (χ0v) is 14.7. The monoisotopic (exact) mass is 379 g/mol. The van der Waals surface area contributed by atoms with Crippen LogP contribution >= 0.6 is 11.8 Å². The van der Waals surface area contributed by atoms with Crippen molar-refractivity contribution in [2.24, 2.45) is 0 Å². The fraction of sp³-hybridized carbons (Fsp3) is 0.0526. The zero-order chi connectivity index (χ0) is 18.8. The number of nitrogens with zero attached hydrogens (tertiary/aromatic N) is 2. The van der Waals surface area contributed by atoms with E-state index in [-0.39, 0.29) is 17.3 Å². The van der Waals surface area contributed by atoms with E-state index in [0.29, 0.717) is 22.0 Å². The average molecular weight is 379 g/mol. The molecule has 3 aromatic carbocycles. The van der Waals surface area contributed by atoms with E-state index in [4.69, 9.17) is 4.42 Å². The first-order chi connectivity index (χ1) is 13.1. The highest BCUT2D eigenvalue weighted by Gasteiger charge is 2.13. The number of amides is 1. The van der Waals surface area contributed by atoms with Gasteiger partial charge in [-0.15, -0.1) is 0 Å². The van der Waals surface area contributed by atoms with Gasteiger partial charge in [0.25, 0.3) is 10.9 Å². The third-order valence-electron chi connectivity index (χ3n) is 3.92. The highest BCUT2D eigenvalue weighted by Crippen LogP contribution is 2.26. The number of nitro benzene ring substituents is 1. The number of non-ortho nitro benzene ring substituents is 1. The van der Waals surface area contributed by atoms with Gasteiger partial charge >= 0.3 is 0 Å². The number of benzene rings is 3. The first-order valence-corrected chi connectivity index (χ1v) is 9.03. The third-order valence-corrected chi connectivity index (χ3v) is 4.75. The van der Waals surface area contributed by atoms with Crippen LogP contribution in [0, 0.1) is 10.1 Å². The van der Waals surface area contributed by atoms with Crippen LogP contribution in [0.4, 0.5) is 11.4 Å². The van der Waals surface area contributed by atoms with Crippen molar-refractivity contribution in [2.75, 3.05) is 11.1 Å². The number of nitrogens with one attached hydrogen (secondary N) is 1. The summed E-state index contributed by atoms with van der Waals surface area (Å²) in [5.41, 5.74) is 1.49. The molecule has 0 saturated heterocycles. The van der Waals surface area contributed by atoms with Crippen LogP contribution in [0.1, 0.15) is 0 Å². The molecule has 0 bridgehead atoms. The molecular formula is C19H13N3O4S. The summed E-state index contributed by atoms with van der Waals surface area (Å²) in [6.07, 6.45) is 0. The lowest BCUT2D eigenvalue weighted by atomic mass is 10.1. The Morgan fingerprint density at radius 1 is 1.11 bits per heavy atom. The predicted octanol–water partition coefficient (Wildman–Crippen LogP) is 4.62. The van der Waals surface area contributed by atoms with Crippen molar-refractivity contribution in [3.8, 4) is 0 Å². The number of oxazole rings is 1. The molecule has 0 unspecified atom stereocenters. The molecule has 8 heteroatoms. The maximum absolute atomic E-state index is 12.2. The lowest BCUT2D eigenvalue weighted by molar-refractivity contribution is -0.384. The number of aromatic nitrogens is 1. The minimum absolute atomic E-state index is 0.0543. The van der Waals surface area contributed by atoms with Crippen molar-refractivity contribution >= 4 is 50.9 Å². The molecule has 1 heterocycles. The molecule has 0 radical (unpaired) electrons. The predicted molar refractivity (Wildman–Crippen MR) is 104 cm³/mol. The van der Waals surface area contributed by atoms with E-state index in [2.05, 4.69) is 10.3 Å². The van der Waals surface area contributed by atoms with Crippen molar-refractivity contribution < 1.29 is 14.1 Å². The molecule has 4 aromatic rings. The number of anilines is 1. The smallest absolute Gasteiger partial charge is 0.271 e. The molecule has 0 saturated carbocycles. The second-order valence-electron chi connectivity index (χ2n) is 5.79. The van der Waals surface area contributed by atoms with Crippen LogP contribution in [0.2, 0.25) is 0 Å². The zero-order valence-electron chi connectivity index (χ0n) is 13.9. The maximum Gasteiger partial charge on any atom is 0.271 e. The van der Waals surface area contributed by atoms with Crippen molar-refractivity contribution in [2.45, 2.75) is 5.22 Å². The molecule has 1 N–H and O–H groups in total. The number of rotatable bonds is 5. The van der Waals surface area contributed by atoms with Crippen LogP contribution in [0.3, 0.4) is 0 Å². The summed E-state index contributed by atoms with van der Waals surface area (Å²) in [4.78, 5) is 26.7. The van der Waals surface area contributed by atoms with E-state index in [1.165, 1.54) is 18.2 Å². The van der Waals surface area contributed by atoms with Gasteiger partial charge in [-0.3, -0.25) is 14.9 Å². The number of thioether (sulfide) groups is 1. The van der Waals surface area contributed by atoms with E-state index in [1.54, 1.807) is 0 Å². The van der Waals surface area contributed by atoms with Gasteiger partial charge in [-0.05, 0) is 29.0 Å². The van der Waals surface area contributed by atoms with Gasteiger partial charge < -0.3 is 9.73 Å². The Morgan fingerprint density at radius 2 is 1.93 bits per heavy atom. The molecule has 0 aliphatic carbocycles. The van der Waals surface area contributed by atoms with Crippen LogP contribution in [-0.2, 0) is 4.79 Å². The van der Waals surface area contributed by atoms with Crippen LogP contribution in [-0.4, -0.2) is 21.6 Å². The van der Waals surface area contributed by atoms with Gasteiger partial charge in [-0.25, -0.2) is 4.98 Å². The van der Waals surface area contributed by atoms with E-state index in [1.807, 2.05) is 42.5 Å². The molecule has 1 aromatic heterocycles. The molecule has 0 atom stereocenters. The summed E-state index contributed by atoms with van der Waals surface area (Å²) in [7, 11) is 0. The molecule has 0 aliphatic rings. The summed E-state index contributed by atoms with van der Waals surface area (Å²) in [6, 6.07) is 17.8. The van der Waals surface area contributed by atoms with Crippen LogP contribution in [0.5, 0.6) is 0 Å². The Kier molecular flexibility index (Phi) is 4.47. The van der Waals surface area contributed by atoms with Gasteiger partial charge in [-0.2, -0.15) is 0 Å². The van der Waals surface area contributed by atoms with Gasteiger partial charge in [0.2, 0.25) is 5.91 Å². The Labute approximate surface area is 157 Å². The quantitative estimate of drug-likeness (QED) is 0.309. The first-order valence-electron chi connectivity index (χ1n) is 8.05. The first kappa shape index (κ1) is 17.0. The molecular weight excluding hydrogens is 366 g/mol. The van der Waals surface area contributed by atoms with Gasteiger partial charge in [0, 0.05) is 17.8 Å². The van der Waals surface area contributed by atoms with Crippen LogP contribution in [0.15, 0.2) is 70.3 Å². The molecule has 4 rings (SSSR count). The summed E-state index contributed by atoms with van der Waals surface area (Å²) < 4.78 is 5.51. The Bertz CT molecular complexity index is 1170. The maximum atomic E-state index is 12.2. The van der Waals surface area contributed by atoms with E-state index >= 15 is 0 Å². The number of nitro groups is 1. The van der Waals surface area contributed by atoms with Crippen molar-refractivity contribution in [1.29, 1.82) is 0 Å². The highest BCUT2D eigenvalue weighted by atomic mass is 32.2. The van der Waals surface area contributed by atoms with E-state index in [9.17, 15) is 14.9 Å². The molecule has 1 amide bonds. The van der Waals surface area contributed by atoms with Crippen LogP contribution < -0.4 is 5.32 Å². The normalized spacial score (nSPS) is 11.0. The largest absolute Gasteiger partial charge is 0.431 e. The fourth-order valence-electron chi connectivity index (χ4n) is 2.66. The molecule has 134 valence electrons. The van der Waals surface area contributed by atoms with Gasteiger partial charge in [0.15, 0.2) is 5.58 Å². The molecule has 27 heavy (non-hydrogen) atoms. The van der Waals surface area contributed by atoms with Gasteiger partial charge in [0.05, 0.1) is 10.7 Å². The number of carbonyl (C=O) groups is 1. The van der Waals surface area contributed by atoms with Crippen molar-refractivity contribution in [1.82, 2.24) is 4.98 Å². The second-order valence-corrected chi connectivity index (χ2v) is 6.71. The summed E-state index contributed by atoms with van der Waals surface area (Å²) >= 11 is 1.13. The van der Waals surface area contributed by atoms with Crippen molar-refractivity contribution in [3.63, 3.8) is 0 Å². The Morgan fingerprint density at radius 3 is 2.74 bits per heavy atom. The van der Waals surface area contributed by atoms with Crippen LogP contribution in [0.25, 0.3) is 21.9 Å². The Hall–Kier alpha value is -3.39. The highest BCUT2D eigenvalue weighted by molar-refractivity contribution is 7.99. The second kappa shape index (κ2) is 7.08. The number of carbonyl (C=O) groups excluding carboxylic acids is 1.